The molecule has 0 aromatic heterocycles. The average molecular weight is 709 g/mol. The molecule has 8 N–H and O–H groups in total. The molecule has 7 rings (SSSR count). The summed E-state index contributed by atoms with van der Waals surface area (Å²) in [5, 5.41) is 87.9. The zero-order valence-corrected chi connectivity index (χ0v) is 28.3. The van der Waals surface area contributed by atoms with Crippen molar-refractivity contribution in [1.29, 1.82) is 0 Å². The molecule has 268 valence electrons. The van der Waals surface area contributed by atoms with Crippen LogP contribution in [0.15, 0.2) is 84.0 Å². The quantitative estimate of drug-likeness (QED) is 0.0824. The number of aromatic hydroxyl groups is 7. The minimum absolute atomic E-state index is 0.0310. The van der Waals surface area contributed by atoms with Crippen LogP contribution in [-0.4, -0.2) is 58.0 Å². The summed E-state index contributed by atoms with van der Waals surface area (Å²) in [5.74, 6) is -10.6. The van der Waals surface area contributed by atoms with Crippen molar-refractivity contribution in [2.24, 2.45) is 5.92 Å². The van der Waals surface area contributed by atoms with Gasteiger partial charge in [0, 0.05) is 54.0 Å². The van der Waals surface area contributed by atoms with E-state index in [2.05, 4.69) is 0 Å². The molecule has 0 saturated heterocycles. The van der Waals surface area contributed by atoms with Crippen LogP contribution in [0.1, 0.15) is 82.9 Å². The highest BCUT2D eigenvalue weighted by Crippen LogP contribution is 2.60. The molecule has 12 nitrogen and oxygen atoms in total. The number of phenolic OH excluding ortho intramolecular Hbond substituents is 7. The molecule has 0 radical (unpaired) electrons. The lowest BCUT2D eigenvalue weighted by Crippen LogP contribution is -2.62. The van der Waals surface area contributed by atoms with Crippen molar-refractivity contribution >= 4 is 11.6 Å². The molecule has 12 heteroatoms. The molecule has 2 aliphatic heterocycles. The molecule has 4 aromatic rings. The molecular weight excluding hydrogens is 672 g/mol. The fourth-order valence-corrected chi connectivity index (χ4v) is 7.81. The van der Waals surface area contributed by atoms with E-state index in [1.54, 1.807) is 32.9 Å². The van der Waals surface area contributed by atoms with Crippen molar-refractivity contribution in [3.63, 3.8) is 0 Å². The van der Waals surface area contributed by atoms with Crippen LogP contribution < -0.4 is 9.47 Å². The number of fused-ring (bicyclic) bond motifs is 4. The second-order valence-electron chi connectivity index (χ2n) is 13.9. The van der Waals surface area contributed by atoms with E-state index in [9.17, 15) is 50.4 Å². The van der Waals surface area contributed by atoms with E-state index in [0.29, 0.717) is 5.57 Å². The van der Waals surface area contributed by atoms with Crippen LogP contribution in [-0.2, 0) is 5.79 Å². The van der Waals surface area contributed by atoms with Crippen LogP contribution in [0.25, 0.3) is 0 Å². The zero-order valence-electron chi connectivity index (χ0n) is 28.3. The summed E-state index contributed by atoms with van der Waals surface area (Å²) in [6, 6.07) is 12.3. The van der Waals surface area contributed by atoms with E-state index in [1.165, 1.54) is 42.5 Å². The SMILES string of the molecule is CC(C)=CC[C@]12Oc3cc(O)ccc3[C@]1(O)Oc1cc(O)c([C@H]3C=C(C)C[C@H](c4ccc(O)cc4O)[C@H]3C(=O)c3ccc(O)cc3O)c(O)c1C2=O. The molecule has 4 aromatic carbocycles. The standard InChI is InChI=1S/C40H36O12/c1-18(2)10-11-39-38(49)35-32(52-40(39,50)27-9-6-22(43)16-31(27)51-39)17-30(46)34(37(35)48)26-13-19(3)12-25(23-7-4-20(41)14-28(23)44)33(26)36(47)24-8-5-21(42)15-29(24)45/h4-10,13-17,25-26,33,41-46,48,50H,11-12H2,1-3H3/t25-,26+,33-,39-,40+/m1/s1. The molecule has 0 unspecified atom stereocenters. The molecule has 0 fully saturated rings. The van der Waals surface area contributed by atoms with Gasteiger partial charge in [0.15, 0.2) is 5.78 Å². The van der Waals surface area contributed by atoms with Gasteiger partial charge >= 0.3 is 0 Å². The van der Waals surface area contributed by atoms with Gasteiger partial charge in [-0.3, -0.25) is 9.59 Å². The molecule has 0 spiro atoms. The largest absolute Gasteiger partial charge is 0.508 e. The van der Waals surface area contributed by atoms with Crippen LogP contribution >= 0.6 is 0 Å². The number of aliphatic hydroxyl groups is 1. The Bertz CT molecular complexity index is 2250. The van der Waals surface area contributed by atoms with Gasteiger partial charge in [0.05, 0.1) is 11.1 Å². The molecule has 0 bridgehead atoms. The van der Waals surface area contributed by atoms with Gasteiger partial charge in [0.25, 0.3) is 5.79 Å². The van der Waals surface area contributed by atoms with Crippen molar-refractivity contribution in [2.75, 3.05) is 0 Å². The van der Waals surface area contributed by atoms with Gasteiger partial charge in [0.2, 0.25) is 11.4 Å². The van der Waals surface area contributed by atoms with Crippen LogP contribution in [0.2, 0.25) is 0 Å². The summed E-state index contributed by atoms with van der Waals surface area (Å²) in [6.07, 6.45) is 3.28. The lowest BCUT2D eigenvalue weighted by Gasteiger charge is -2.43. The van der Waals surface area contributed by atoms with Crippen molar-refractivity contribution in [3.8, 4) is 51.7 Å². The summed E-state index contributed by atoms with van der Waals surface area (Å²) in [7, 11) is 0. The van der Waals surface area contributed by atoms with Crippen molar-refractivity contribution < 1.29 is 59.9 Å². The van der Waals surface area contributed by atoms with Gasteiger partial charge in [-0.2, -0.15) is 0 Å². The number of rotatable bonds is 6. The second-order valence-corrected chi connectivity index (χ2v) is 13.9. The highest BCUT2D eigenvalue weighted by molar-refractivity contribution is 6.10. The first-order chi connectivity index (χ1) is 24.6. The van der Waals surface area contributed by atoms with Gasteiger partial charge in [-0.25, -0.2) is 0 Å². The first-order valence-corrected chi connectivity index (χ1v) is 16.5. The number of ketones is 2. The van der Waals surface area contributed by atoms with Crippen molar-refractivity contribution in [1.82, 2.24) is 0 Å². The summed E-state index contributed by atoms with van der Waals surface area (Å²) >= 11 is 0. The number of benzene rings is 4. The van der Waals surface area contributed by atoms with Crippen molar-refractivity contribution in [2.45, 2.75) is 56.8 Å². The van der Waals surface area contributed by atoms with Gasteiger partial charge in [-0.1, -0.05) is 29.4 Å². The molecule has 2 heterocycles. The maximum absolute atomic E-state index is 14.8. The topological polar surface area (TPSA) is 214 Å². The number of allylic oxidation sites excluding steroid dienone is 3. The fourth-order valence-electron chi connectivity index (χ4n) is 7.81. The third-order valence-corrected chi connectivity index (χ3v) is 10.2. The number of Topliss-reactive ketones (excluding diaryl/α,β-unsaturated/α-hetero) is 2. The highest BCUT2D eigenvalue weighted by Gasteiger charge is 2.70. The number of carbonyl (C=O) groups excluding carboxylic acids is 2. The second kappa shape index (κ2) is 12.0. The first kappa shape index (κ1) is 34.3. The fraction of sp³-hybridized carbons (Fsp3) is 0.250. The summed E-state index contributed by atoms with van der Waals surface area (Å²) in [4.78, 5) is 29.4. The Morgan fingerprint density at radius 2 is 1.48 bits per heavy atom. The third kappa shape index (κ3) is 5.09. The van der Waals surface area contributed by atoms with E-state index in [1.807, 2.05) is 0 Å². The Balaban J connectivity index is 1.44. The first-order valence-electron chi connectivity index (χ1n) is 16.5. The average Bonchev–Trinajstić information content (AvgIpc) is 3.30. The maximum Gasteiger partial charge on any atom is 0.286 e. The molecule has 5 atom stereocenters. The summed E-state index contributed by atoms with van der Waals surface area (Å²) < 4.78 is 12.3. The van der Waals surface area contributed by atoms with E-state index in [-0.39, 0.29) is 69.6 Å². The minimum atomic E-state index is -2.45. The monoisotopic (exact) mass is 708 g/mol. The third-order valence-electron chi connectivity index (χ3n) is 10.2. The maximum atomic E-state index is 14.8. The van der Waals surface area contributed by atoms with Gasteiger partial charge in [-0.15, -0.1) is 0 Å². The number of carbonyl (C=O) groups is 2. The molecule has 3 aliphatic rings. The van der Waals surface area contributed by atoms with Gasteiger partial charge in [-0.05, 0) is 63.1 Å². The molecule has 0 amide bonds. The number of hydrogen-bond acceptors (Lipinski definition) is 12. The van der Waals surface area contributed by atoms with Gasteiger partial charge in [0.1, 0.15) is 57.3 Å². The summed E-state index contributed by atoms with van der Waals surface area (Å²) in [5.41, 5.74) is -1.30. The van der Waals surface area contributed by atoms with Gasteiger partial charge < -0.3 is 50.3 Å². The molecule has 0 saturated carbocycles. The number of hydrogen-bond donors (Lipinski definition) is 8. The van der Waals surface area contributed by atoms with Crippen LogP contribution in [0.4, 0.5) is 0 Å². The number of phenols is 7. The minimum Gasteiger partial charge on any atom is -0.508 e. The Hall–Kier alpha value is -6.14. The summed E-state index contributed by atoms with van der Waals surface area (Å²) in [6.45, 7) is 5.31. The molecule has 52 heavy (non-hydrogen) atoms. The Labute approximate surface area is 297 Å². The lowest BCUT2D eigenvalue weighted by atomic mass is 9.65. The van der Waals surface area contributed by atoms with Crippen LogP contribution in [0.5, 0.6) is 51.7 Å². The van der Waals surface area contributed by atoms with Crippen LogP contribution in [0, 0.1) is 5.92 Å². The lowest BCUT2D eigenvalue weighted by molar-refractivity contribution is -0.221. The van der Waals surface area contributed by atoms with E-state index in [4.69, 9.17) is 9.47 Å². The van der Waals surface area contributed by atoms with E-state index < -0.39 is 63.5 Å². The predicted molar refractivity (Wildman–Crippen MR) is 185 cm³/mol. The Morgan fingerprint density at radius 1 is 0.827 bits per heavy atom. The van der Waals surface area contributed by atoms with Crippen molar-refractivity contribution in [3.05, 3.63) is 112 Å². The van der Waals surface area contributed by atoms with Crippen LogP contribution in [0.3, 0.4) is 0 Å². The Kier molecular flexibility index (Phi) is 7.91. The molecular formula is C40H36O12. The number of ether oxygens (including phenoxy) is 2. The molecule has 1 aliphatic carbocycles. The predicted octanol–water partition coefficient (Wildman–Crippen LogP) is 6.25. The van der Waals surface area contributed by atoms with E-state index >= 15 is 0 Å². The zero-order chi connectivity index (χ0) is 37.4. The van der Waals surface area contributed by atoms with E-state index in [0.717, 1.165) is 23.8 Å². The highest BCUT2D eigenvalue weighted by atomic mass is 16.7. The normalized spacial score (nSPS) is 24.4. The Morgan fingerprint density at radius 3 is 2.15 bits per heavy atom. The smallest absolute Gasteiger partial charge is 0.286 e.